The summed E-state index contributed by atoms with van der Waals surface area (Å²) in [5.41, 5.74) is 2.40. The van der Waals surface area contributed by atoms with Crippen LogP contribution in [0.5, 0.6) is 0 Å². The largest absolute Gasteiger partial charge is 0.472 e. The number of aromatic nitrogens is 1. The molecule has 2 heterocycles. The lowest BCUT2D eigenvalue weighted by atomic mass is 10.3. The number of hydrogen-bond acceptors (Lipinski definition) is 3. The molecule has 98 valence electrons. The molecule has 0 amide bonds. The Morgan fingerprint density at radius 3 is 3.00 bits per heavy atom. The number of thioether (sulfide) groups is 1. The summed E-state index contributed by atoms with van der Waals surface area (Å²) in [5.74, 6) is 1.05. The predicted octanol–water partition coefficient (Wildman–Crippen LogP) is 3.64. The summed E-state index contributed by atoms with van der Waals surface area (Å²) in [6.45, 7) is 1.84. The van der Waals surface area contributed by atoms with Crippen molar-refractivity contribution in [3.05, 3.63) is 54.5 Å². The van der Waals surface area contributed by atoms with Crippen LogP contribution in [0.15, 0.2) is 58.4 Å². The first-order valence-electron chi connectivity index (χ1n) is 6.34. The van der Waals surface area contributed by atoms with Crippen LogP contribution in [0.4, 0.5) is 0 Å². The third-order valence-corrected chi connectivity index (χ3v) is 3.89. The van der Waals surface area contributed by atoms with Crippen molar-refractivity contribution in [2.45, 2.75) is 11.6 Å². The van der Waals surface area contributed by atoms with E-state index in [0.29, 0.717) is 0 Å². The highest BCUT2D eigenvalue weighted by molar-refractivity contribution is 7.99. The highest BCUT2D eigenvalue weighted by Gasteiger charge is 2.00. The van der Waals surface area contributed by atoms with Crippen LogP contribution in [0.25, 0.3) is 10.9 Å². The minimum Gasteiger partial charge on any atom is -0.472 e. The fourth-order valence-electron chi connectivity index (χ4n) is 1.98. The molecule has 0 fully saturated rings. The van der Waals surface area contributed by atoms with E-state index in [2.05, 4.69) is 40.6 Å². The number of aromatic amines is 1. The minimum absolute atomic E-state index is 0.865. The highest BCUT2D eigenvalue weighted by atomic mass is 32.2. The topological polar surface area (TPSA) is 41.0 Å². The molecule has 0 aliphatic rings. The normalized spacial score (nSPS) is 11.2. The molecular formula is C15H16N2OS. The van der Waals surface area contributed by atoms with E-state index in [-0.39, 0.29) is 0 Å². The minimum atomic E-state index is 0.865. The second kappa shape index (κ2) is 5.99. The van der Waals surface area contributed by atoms with Crippen LogP contribution in [0, 0.1) is 0 Å². The molecule has 19 heavy (non-hydrogen) atoms. The Bertz CT molecular complexity index is 597. The second-order valence-electron chi connectivity index (χ2n) is 4.38. The highest BCUT2D eigenvalue weighted by Crippen LogP contribution is 2.22. The van der Waals surface area contributed by atoms with Gasteiger partial charge in [0.05, 0.1) is 17.6 Å². The summed E-state index contributed by atoms with van der Waals surface area (Å²) in [6, 6.07) is 12.5. The molecule has 3 rings (SSSR count). The van der Waals surface area contributed by atoms with E-state index in [4.69, 9.17) is 4.42 Å². The molecule has 1 aromatic carbocycles. The van der Waals surface area contributed by atoms with Gasteiger partial charge in [-0.05, 0) is 18.2 Å². The summed E-state index contributed by atoms with van der Waals surface area (Å²) >= 11 is 1.84. The van der Waals surface area contributed by atoms with E-state index in [1.54, 1.807) is 12.5 Å². The van der Waals surface area contributed by atoms with Gasteiger partial charge in [0.15, 0.2) is 0 Å². The van der Waals surface area contributed by atoms with Gasteiger partial charge in [-0.1, -0.05) is 18.2 Å². The van der Waals surface area contributed by atoms with Crippen molar-refractivity contribution in [1.29, 1.82) is 0 Å². The van der Waals surface area contributed by atoms with Gasteiger partial charge in [0.25, 0.3) is 0 Å². The van der Waals surface area contributed by atoms with Crippen molar-refractivity contribution in [2.24, 2.45) is 0 Å². The maximum Gasteiger partial charge on any atom is 0.0947 e. The van der Waals surface area contributed by atoms with Crippen molar-refractivity contribution in [2.75, 3.05) is 12.3 Å². The quantitative estimate of drug-likeness (QED) is 0.531. The molecule has 0 saturated carbocycles. The molecule has 2 aromatic heterocycles. The molecule has 0 spiro atoms. The molecule has 0 aliphatic carbocycles. The number of hydrogen-bond donors (Lipinski definition) is 2. The van der Waals surface area contributed by atoms with Crippen LogP contribution in [-0.2, 0) is 6.54 Å². The van der Waals surface area contributed by atoms with E-state index >= 15 is 0 Å². The molecule has 3 nitrogen and oxygen atoms in total. The Kier molecular flexibility index (Phi) is 3.91. The first kappa shape index (κ1) is 12.4. The zero-order valence-corrected chi connectivity index (χ0v) is 11.4. The summed E-state index contributed by atoms with van der Waals surface area (Å²) < 4.78 is 5.02. The van der Waals surface area contributed by atoms with Crippen molar-refractivity contribution >= 4 is 22.7 Å². The van der Waals surface area contributed by atoms with Gasteiger partial charge in [-0.15, -0.1) is 11.8 Å². The average Bonchev–Trinajstić information content (AvgIpc) is 3.06. The lowest BCUT2D eigenvalue weighted by Gasteiger charge is -2.01. The SMILES string of the molecule is c1ccc2[nH]c(SCCNCc3ccoc3)cc2c1. The maximum absolute atomic E-state index is 5.02. The Hall–Kier alpha value is -1.65. The van der Waals surface area contributed by atoms with Crippen LogP contribution in [0.3, 0.4) is 0 Å². The van der Waals surface area contributed by atoms with E-state index in [9.17, 15) is 0 Å². The monoisotopic (exact) mass is 272 g/mol. The number of benzene rings is 1. The average molecular weight is 272 g/mol. The number of rotatable bonds is 6. The van der Waals surface area contributed by atoms with Gasteiger partial charge in [0.1, 0.15) is 0 Å². The van der Waals surface area contributed by atoms with Gasteiger partial charge in [-0.2, -0.15) is 0 Å². The molecule has 0 bridgehead atoms. The zero-order valence-electron chi connectivity index (χ0n) is 10.6. The van der Waals surface area contributed by atoms with E-state index in [0.717, 1.165) is 18.8 Å². The van der Waals surface area contributed by atoms with Crippen LogP contribution >= 0.6 is 11.8 Å². The molecule has 4 heteroatoms. The lowest BCUT2D eigenvalue weighted by molar-refractivity contribution is 0.561. The zero-order chi connectivity index (χ0) is 12.9. The Balaban J connectivity index is 1.44. The number of nitrogens with one attached hydrogen (secondary N) is 2. The van der Waals surface area contributed by atoms with Gasteiger partial charge < -0.3 is 14.7 Å². The third-order valence-electron chi connectivity index (χ3n) is 2.95. The maximum atomic E-state index is 5.02. The molecule has 2 N–H and O–H groups in total. The third kappa shape index (κ3) is 3.22. The molecule has 0 radical (unpaired) electrons. The molecule has 3 aromatic rings. The number of furan rings is 1. The summed E-state index contributed by atoms with van der Waals surface area (Å²) in [5, 5.41) is 5.90. The number of para-hydroxylation sites is 1. The Labute approximate surface area is 116 Å². The smallest absolute Gasteiger partial charge is 0.0947 e. The van der Waals surface area contributed by atoms with E-state index in [1.807, 2.05) is 17.8 Å². The van der Waals surface area contributed by atoms with Crippen molar-refractivity contribution in [3.63, 3.8) is 0 Å². The molecule has 0 atom stereocenters. The Morgan fingerprint density at radius 2 is 2.16 bits per heavy atom. The first-order valence-corrected chi connectivity index (χ1v) is 7.33. The fourth-order valence-corrected chi connectivity index (χ4v) is 2.84. The van der Waals surface area contributed by atoms with E-state index in [1.165, 1.54) is 21.5 Å². The van der Waals surface area contributed by atoms with Crippen LogP contribution in [-0.4, -0.2) is 17.3 Å². The van der Waals surface area contributed by atoms with Crippen molar-refractivity contribution < 1.29 is 4.42 Å². The van der Waals surface area contributed by atoms with Crippen LogP contribution < -0.4 is 5.32 Å². The van der Waals surface area contributed by atoms with Crippen molar-refractivity contribution in [3.8, 4) is 0 Å². The number of fused-ring (bicyclic) bond motifs is 1. The first-order chi connectivity index (χ1) is 9.42. The standard InChI is InChI=1S/C15H16N2OS/c1-2-4-14-13(3-1)9-15(17-14)19-8-6-16-10-12-5-7-18-11-12/h1-5,7,9,11,16-17H,6,8,10H2. The van der Waals surface area contributed by atoms with Gasteiger partial charge in [0.2, 0.25) is 0 Å². The molecule has 0 aliphatic heterocycles. The van der Waals surface area contributed by atoms with Gasteiger partial charge >= 0.3 is 0 Å². The summed E-state index contributed by atoms with van der Waals surface area (Å²) in [7, 11) is 0. The van der Waals surface area contributed by atoms with Gasteiger partial charge in [-0.3, -0.25) is 0 Å². The lowest BCUT2D eigenvalue weighted by Crippen LogP contribution is -2.15. The summed E-state index contributed by atoms with van der Waals surface area (Å²) in [6.07, 6.45) is 3.48. The summed E-state index contributed by atoms with van der Waals surface area (Å²) in [4.78, 5) is 3.42. The van der Waals surface area contributed by atoms with Crippen LogP contribution in [0.2, 0.25) is 0 Å². The van der Waals surface area contributed by atoms with Gasteiger partial charge in [0, 0.05) is 35.3 Å². The number of H-pyrrole nitrogens is 1. The van der Waals surface area contributed by atoms with Gasteiger partial charge in [-0.25, -0.2) is 0 Å². The predicted molar refractivity (Wildman–Crippen MR) is 79.4 cm³/mol. The van der Waals surface area contributed by atoms with Crippen LogP contribution in [0.1, 0.15) is 5.56 Å². The molecule has 0 unspecified atom stereocenters. The molecular weight excluding hydrogens is 256 g/mol. The molecule has 0 saturated heterocycles. The fraction of sp³-hybridized carbons (Fsp3) is 0.200. The van der Waals surface area contributed by atoms with E-state index < -0.39 is 0 Å². The van der Waals surface area contributed by atoms with Crippen molar-refractivity contribution in [1.82, 2.24) is 10.3 Å². The second-order valence-corrected chi connectivity index (χ2v) is 5.51. The Morgan fingerprint density at radius 1 is 1.21 bits per heavy atom.